The molecule has 0 saturated heterocycles. The SMILES string of the molecule is CC1=C(OCCN(C)C)CCC1. The highest BCUT2D eigenvalue weighted by molar-refractivity contribution is 5.11. The van der Waals surface area contributed by atoms with Gasteiger partial charge in [-0.15, -0.1) is 0 Å². The van der Waals surface area contributed by atoms with Crippen molar-refractivity contribution in [2.24, 2.45) is 0 Å². The summed E-state index contributed by atoms with van der Waals surface area (Å²) in [6.45, 7) is 4.02. The van der Waals surface area contributed by atoms with Crippen LogP contribution in [0.1, 0.15) is 26.2 Å². The van der Waals surface area contributed by atoms with Crippen LogP contribution in [0, 0.1) is 0 Å². The maximum atomic E-state index is 5.66. The highest BCUT2D eigenvalue weighted by Gasteiger charge is 2.11. The third-order valence-corrected chi connectivity index (χ3v) is 2.25. The molecule has 1 rings (SSSR count). The molecule has 2 heteroatoms. The molecule has 1 aliphatic carbocycles. The first-order valence-corrected chi connectivity index (χ1v) is 4.66. The summed E-state index contributed by atoms with van der Waals surface area (Å²) in [5, 5.41) is 0. The van der Waals surface area contributed by atoms with E-state index in [0.29, 0.717) is 0 Å². The molecule has 0 amide bonds. The van der Waals surface area contributed by atoms with E-state index in [1.807, 2.05) is 0 Å². The molecule has 70 valence electrons. The fourth-order valence-electron chi connectivity index (χ4n) is 1.41. The van der Waals surface area contributed by atoms with Crippen molar-refractivity contribution in [3.8, 4) is 0 Å². The number of rotatable bonds is 4. The molecular weight excluding hydrogens is 150 g/mol. The van der Waals surface area contributed by atoms with Crippen LogP contribution in [-0.2, 0) is 4.74 Å². The molecule has 0 aromatic carbocycles. The molecule has 0 bridgehead atoms. The molecule has 0 aromatic heterocycles. The fourth-order valence-corrected chi connectivity index (χ4v) is 1.41. The van der Waals surface area contributed by atoms with Crippen molar-refractivity contribution in [2.75, 3.05) is 27.2 Å². The zero-order chi connectivity index (χ0) is 8.97. The van der Waals surface area contributed by atoms with E-state index >= 15 is 0 Å². The number of likely N-dealkylation sites (N-methyl/N-ethyl adjacent to an activating group) is 1. The van der Waals surface area contributed by atoms with Crippen molar-refractivity contribution in [1.82, 2.24) is 4.90 Å². The van der Waals surface area contributed by atoms with Gasteiger partial charge in [0.25, 0.3) is 0 Å². The number of hydrogen-bond donors (Lipinski definition) is 0. The standard InChI is InChI=1S/C10H19NO/c1-9-5-4-6-10(9)12-8-7-11(2)3/h4-8H2,1-3H3. The van der Waals surface area contributed by atoms with Crippen LogP contribution >= 0.6 is 0 Å². The summed E-state index contributed by atoms with van der Waals surface area (Å²) >= 11 is 0. The Morgan fingerprint density at radius 1 is 1.33 bits per heavy atom. The third kappa shape index (κ3) is 2.86. The topological polar surface area (TPSA) is 12.5 Å². The monoisotopic (exact) mass is 169 g/mol. The maximum Gasteiger partial charge on any atom is 0.100 e. The van der Waals surface area contributed by atoms with Crippen molar-refractivity contribution in [2.45, 2.75) is 26.2 Å². The van der Waals surface area contributed by atoms with Gasteiger partial charge in [-0.2, -0.15) is 0 Å². The van der Waals surface area contributed by atoms with Crippen LogP contribution in [0.3, 0.4) is 0 Å². The van der Waals surface area contributed by atoms with Gasteiger partial charge >= 0.3 is 0 Å². The lowest BCUT2D eigenvalue weighted by atomic mass is 10.3. The van der Waals surface area contributed by atoms with Gasteiger partial charge in [-0.05, 0) is 39.4 Å². The highest BCUT2D eigenvalue weighted by atomic mass is 16.5. The van der Waals surface area contributed by atoms with Crippen LogP contribution in [0.5, 0.6) is 0 Å². The number of hydrogen-bond acceptors (Lipinski definition) is 2. The van der Waals surface area contributed by atoms with E-state index in [0.717, 1.165) is 19.6 Å². The lowest BCUT2D eigenvalue weighted by molar-refractivity contribution is 0.177. The van der Waals surface area contributed by atoms with Crippen molar-refractivity contribution in [3.05, 3.63) is 11.3 Å². The minimum Gasteiger partial charge on any atom is -0.497 e. The first-order valence-electron chi connectivity index (χ1n) is 4.66. The predicted molar refractivity (Wildman–Crippen MR) is 51.1 cm³/mol. The Hall–Kier alpha value is -0.500. The molecule has 0 saturated carbocycles. The Kier molecular flexibility index (Phi) is 3.60. The summed E-state index contributed by atoms with van der Waals surface area (Å²) in [4.78, 5) is 2.14. The smallest absolute Gasteiger partial charge is 0.100 e. The van der Waals surface area contributed by atoms with Gasteiger partial charge in [0.1, 0.15) is 6.61 Å². The first kappa shape index (κ1) is 9.59. The average Bonchev–Trinajstić information content (AvgIpc) is 2.36. The summed E-state index contributed by atoms with van der Waals surface area (Å²) in [5.74, 6) is 1.25. The Labute approximate surface area is 75.2 Å². The molecule has 12 heavy (non-hydrogen) atoms. The molecule has 2 nitrogen and oxygen atoms in total. The normalized spacial score (nSPS) is 17.7. The molecule has 0 aromatic rings. The van der Waals surface area contributed by atoms with Crippen LogP contribution in [0.4, 0.5) is 0 Å². The molecule has 1 aliphatic rings. The van der Waals surface area contributed by atoms with Crippen LogP contribution in [0.2, 0.25) is 0 Å². The zero-order valence-electron chi connectivity index (χ0n) is 8.39. The lowest BCUT2D eigenvalue weighted by Gasteiger charge is -2.12. The second-order valence-corrected chi connectivity index (χ2v) is 3.71. The second kappa shape index (κ2) is 4.51. The van der Waals surface area contributed by atoms with Crippen molar-refractivity contribution < 1.29 is 4.74 Å². The van der Waals surface area contributed by atoms with Gasteiger partial charge in [-0.3, -0.25) is 0 Å². The van der Waals surface area contributed by atoms with Crippen molar-refractivity contribution >= 4 is 0 Å². The van der Waals surface area contributed by atoms with Gasteiger partial charge in [-0.25, -0.2) is 0 Å². The number of allylic oxidation sites excluding steroid dienone is 2. The lowest BCUT2D eigenvalue weighted by Crippen LogP contribution is -2.17. The van der Waals surface area contributed by atoms with E-state index in [1.54, 1.807) is 0 Å². The van der Waals surface area contributed by atoms with E-state index in [-0.39, 0.29) is 0 Å². The van der Waals surface area contributed by atoms with E-state index in [4.69, 9.17) is 4.74 Å². The van der Waals surface area contributed by atoms with E-state index in [1.165, 1.54) is 24.2 Å². The van der Waals surface area contributed by atoms with E-state index in [9.17, 15) is 0 Å². The summed E-state index contributed by atoms with van der Waals surface area (Å²) in [5.41, 5.74) is 1.45. The first-order chi connectivity index (χ1) is 5.70. The molecule has 0 atom stereocenters. The average molecular weight is 169 g/mol. The highest BCUT2D eigenvalue weighted by Crippen LogP contribution is 2.25. The third-order valence-electron chi connectivity index (χ3n) is 2.25. The zero-order valence-corrected chi connectivity index (χ0v) is 8.39. The minimum absolute atomic E-state index is 0.833. The minimum atomic E-state index is 0.833. The van der Waals surface area contributed by atoms with Gasteiger partial charge < -0.3 is 9.64 Å². The molecule has 0 spiro atoms. The largest absolute Gasteiger partial charge is 0.497 e. The molecule has 0 fully saturated rings. The number of ether oxygens (including phenoxy) is 1. The Morgan fingerprint density at radius 3 is 2.58 bits per heavy atom. The van der Waals surface area contributed by atoms with Gasteiger partial charge in [0.2, 0.25) is 0 Å². The Balaban J connectivity index is 2.18. The van der Waals surface area contributed by atoms with Crippen LogP contribution in [0.15, 0.2) is 11.3 Å². The predicted octanol–water partition coefficient (Wildman–Crippen LogP) is 2.02. The molecule has 0 aliphatic heterocycles. The summed E-state index contributed by atoms with van der Waals surface area (Å²) < 4.78 is 5.66. The summed E-state index contributed by atoms with van der Waals surface area (Å²) in [7, 11) is 4.14. The number of nitrogens with zero attached hydrogens (tertiary/aromatic N) is 1. The second-order valence-electron chi connectivity index (χ2n) is 3.71. The van der Waals surface area contributed by atoms with Gasteiger partial charge in [-0.1, -0.05) is 0 Å². The van der Waals surface area contributed by atoms with Crippen LogP contribution in [-0.4, -0.2) is 32.1 Å². The quantitative estimate of drug-likeness (QED) is 0.638. The van der Waals surface area contributed by atoms with E-state index < -0.39 is 0 Å². The molecule has 0 radical (unpaired) electrons. The van der Waals surface area contributed by atoms with Crippen LogP contribution in [0.25, 0.3) is 0 Å². The Bertz CT molecular complexity index is 173. The summed E-state index contributed by atoms with van der Waals surface area (Å²) in [6, 6.07) is 0. The van der Waals surface area contributed by atoms with Gasteiger partial charge in [0.05, 0.1) is 5.76 Å². The van der Waals surface area contributed by atoms with Gasteiger partial charge in [0, 0.05) is 13.0 Å². The van der Waals surface area contributed by atoms with Crippen LogP contribution < -0.4 is 0 Å². The fraction of sp³-hybridized carbons (Fsp3) is 0.800. The van der Waals surface area contributed by atoms with Crippen molar-refractivity contribution in [3.63, 3.8) is 0 Å². The van der Waals surface area contributed by atoms with Gasteiger partial charge in [0.15, 0.2) is 0 Å². The molecule has 0 N–H and O–H groups in total. The van der Waals surface area contributed by atoms with E-state index in [2.05, 4.69) is 25.9 Å². The molecular formula is C10H19NO. The Morgan fingerprint density at radius 2 is 2.08 bits per heavy atom. The molecule has 0 unspecified atom stereocenters. The van der Waals surface area contributed by atoms with Crippen molar-refractivity contribution in [1.29, 1.82) is 0 Å². The molecule has 0 heterocycles. The summed E-state index contributed by atoms with van der Waals surface area (Å²) in [6.07, 6.45) is 3.67. The maximum absolute atomic E-state index is 5.66.